The first-order valence-electron chi connectivity index (χ1n) is 7.14. The zero-order valence-corrected chi connectivity index (χ0v) is 11.3. The first-order chi connectivity index (χ1) is 8.29. The van der Waals surface area contributed by atoms with Crippen LogP contribution in [0.4, 0.5) is 0 Å². The number of rotatable bonds is 6. The summed E-state index contributed by atoms with van der Waals surface area (Å²) in [6.45, 7) is 7.83. The molecule has 1 aromatic rings. The van der Waals surface area contributed by atoms with Crippen molar-refractivity contribution in [2.24, 2.45) is 5.41 Å². The molecule has 1 saturated carbocycles. The standard InChI is InChI=1S/C15H26N2/c1-3-15(9-5-6-10-15)13-16-12-14-8-7-11-17(14)4-2/h7-8,11,16H,3-6,9-10,12-13H2,1-2H3. The summed E-state index contributed by atoms with van der Waals surface area (Å²) in [6.07, 6.45) is 9.20. The van der Waals surface area contributed by atoms with Crippen LogP contribution in [0.1, 0.15) is 51.6 Å². The Morgan fingerprint density at radius 2 is 2.06 bits per heavy atom. The van der Waals surface area contributed by atoms with E-state index in [-0.39, 0.29) is 0 Å². The van der Waals surface area contributed by atoms with Crippen molar-refractivity contribution in [3.63, 3.8) is 0 Å². The van der Waals surface area contributed by atoms with E-state index in [0.29, 0.717) is 5.41 Å². The molecule has 2 nitrogen and oxygen atoms in total. The Morgan fingerprint density at radius 3 is 2.71 bits per heavy atom. The fourth-order valence-corrected chi connectivity index (χ4v) is 3.15. The van der Waals surface area contributed by atoms with Crippen LogP contribution in [0.2, 0.25) is 0 Å². The van der Waals surface area contributed by atoms with Crippen LogP contribution in [0.15, 0.2) is 18.3 Å². The molecular weight excluding hydrogens is 208 g/mol. The van der Waals surface area contributed by atoms with Gasteiger partial charge in [-0.15, -0.1) is 0 Å². The van der Waals surface area contributed by atoms with Crippen LogP contribution in [0, 0.1) is 5.41 Å². The van der Waals surface area contributed by atoms with Gasteiger partial charge in [0.05, 0.1) is 0 Å². The zero-order chi connectivity index (χ0) is 12.1. The van der Waals surface area contributed by atoms with Crippen molar-refractivity contribution in [1.29, 1.82) is 0 Å². The highest BCUT2D eigenvalue weighted by Gasteiger charge is 2.31. The highest BCUT2D eigenvalue weighted by Crippen LogP contribution is 2.40. The Kier molecular flexibility index (Phi) is 4.27. The average molecular weight is 234 g/mol. The molecule has 0 amide bonds. The third-order valence-electron chi connectivity index (χ3n) is 4.48. The van der Waals surface area contributed by atoms with E-state index in [1.54, 1.807) is 0 Å². The molecule has 0 unspecified atom stereocenters. The molecular formula is C15H26N2. The lowest BCUT2D eigenvalue weighted by atomic mass is 9.83. The second-order valence-corrected chi connectivity index (χ2v) is 5.45. The summed E-state index contributed by atoms with van der Waals surface area (Å²) in [4.78, 5) is 0. The summed E-state index contributed by atoms with van der Waals surface area (Å²) in [5.74, 6) is 0. The van der Waals surface area contributed by atoms with E-state index >= 15 is 0 Å². The third kappa shape index (κ3) is 2.92. The molecule has 1 heterocycles. The van der Waals surface area contributed by atoms with E-state index in [2.05, 4.69) is 42.1 Å². The number of nitrogens with one attached hydrogen (secondary N) is 1. The molecule has 0 saturated heterocycles. The predicted octanol–water partition coefficient (Wildman–Crippen LogP) is 3.57. The van der Waals surface area contributed by atoms with Crippen molar-refractivity contribution in [1.82, 2.24) is 9.88 Å². The van der Waals surface area contributed by atoms with E-state index in [9.17, 15) is 0 Å². The van der Waals surface area contributed by atoms with Crippen molar-refractivity contribution in [3.05, 3.63) is 24.0 Å². The molecule has 96 valence electrons. The van der Waals surface area contributed by atoms with Gasteiger partial charge in [0.2, 0.25) is 0 Å². The SMILES string of the molecule is CCn1cccc1CNCC1(CC)CCCC1. The minimum Gasteiger partial charge on any atom is -0.351 e. The second kappa shape index (κ2) is 5.72. The number of hydrogen-bond donors (Lipinski definition) is 1. The van der Waals surface area contributed by atoms with Crippen LogP contribution in [-0.4, -0.2) is 11.1 Å². The Bertz CT molecular complexity index is 334. The van der Waals surface area contributed by atoms with Gasteiger partial charge in [-0.25, -0.2) is 0 Å². The van der Waals surface area contributed by atoms with Crippen LogP contribution < -0.4 is 5.32 Å². The van der Waals surface area contributed by atoms with E-state index in [1.807, 2.05) is 0 Å². The second-order valence-electron chi connectivity index (χ2n) is 5.45. The number of nitrogens with zero attached hydrogens (tertiary/aromatic N) is 1. The molecule has 2 rings (SSSR count). The molecule has 0 aromatic carbocycles. The van der Waals surface area contributed by atoms with Crippen molar-refractivity contribution in [3.8, 4) is 0 Å². The molecule has 1 N–H and O–H groups in total. The fraction of sp³-hybridized carbons (Fsp3) is 0.733. The van der Waals surface area contributed by atoms with Crippen LogP contribution in [0.3, 0.4) is 0 Å². The predicted molar refractivity (Wildman–Crippen MR) is 73.0 cm³/mol. The van der Waals surface area contributed by atoms with E-state index in [1.165, 1.54) is 44.3 Å². The van der Waals surface area contributed by atoms with Gasteiger partial charge >= 0.3 is 0 Å². The Labute approximate surface area is 105 Å². The molecule has 0 bridgehead atoms. The van der Waals surface area contributed by atoms with Crippen LogP contribution in [0.25, 0.3) is 0 Å². The Morgan fingerprint density at radius 1 is 1.29 bits per heavy atom. The molecule has 0 atom stereocenters. The number of aryl methyl sites for hydroxylation is 1. The molecule has 1 aliphatic rings. The van der Waals surface area contributed by atoms with Gasteiger partial charge in [0.25, 0.3) is 0 Å². The van der Waals surface area contributed by atoms with Gasteiger partial charge in [-0.05, 0) is 43.7 Å². The maximum Gasteiger partial charge on any atom is 0.0359 e. The third-order valence-corrected chi connectivity index (χ3v) is 4.48. The van der Waals surface area contributed by atoms with E-state index in [4.69, 9.17) is 0 Å². The van der Waals surface area contributed by atoms with Gasteiger partial charge in [0.15, 0.2) is 0 Å². The smallest absolute Gasteiger partial charge is 0.0359 e. The van der Waals surface area contributed by atoms with Gasteiger partial charge in [0.1, 0.15) is 0 Å². The average Bonchev–Trinajstić information content (AvgIpc) is 2.98. The normalized spacial score (nSPS) is 18.7. The van der Waals surface area contributed by atoms with Gasteiger partial charge in [-0.1, -0.05) is 19.8 Å². The maximum atomic E-state index is 3.68. The van der Waals surface area contributed by atoms with Crippen LogP contribution in [-0.2, 0) is 13.1 Å². The molecule has 1 fully saturated rings. The monoisotopic (exact) mass is 234 g/mol. The largest absolute Gasteiger partial charge is 0.351 e. The van der Waals surface area contributed by atoms with Crippen LogP contribution >= 0.6 is 0 Å². The van der Waals surface area contributed by atoms with E-state index in [0.717, 1.165) is 13.1 Å². The summed E-state index contributed by atoms with van der Waals surface area (Å²) in [5.41, 5.74) is 2.01. The van der Waals surface area contributed by atoms with E-state index < -0.39 is 0 Å². The fourth-order valence-electron chi connectivity index (χ4n) is 3.15. The Balaban J connectivity index is 1.82. The lowest BCUT2D eigenvalue weighted by molar-refractivity contribution is 0.267. The lowest BCUT2D eigenvalue weighted by Gasteiger charge is -2.27. The molecule has 0 spiro atoms. The number of aromatic nitrogens is 1. The number of hydrogen-bond acceptors (Lipinski definition) is 1. The molecule has 0 aliphatic heterocycles. The highest BCUT2D eigenvalue weighted by atomic mass is 15.0. The summed E-state index contributed by atoms with van der Waals surface area (Å²) in [6, 6.07) is 4.37. The topological polar surface area (TPSA) is 17.0 Å². The van der Waals surface area contributed by atoms with Gasteiger partial charge in [-0.3, -0.25) is 0 Å². The summed E-state index contributed by atoms with van der Waals surface area (Å²) >= 11 is 0. The summed E-state index contributed by atoms with van der Waals surface area (Å²) in [5, 5.41) is 3.68. The first-order valence-corrected chi connectivity index (χ1v) is 7.14. The van der Waals surface area contributed by atoms with Crippen molar-refractivity contribution >= 4 is 0 Å². The first kappa shape index (κ1) is 12.7. The molecule has 1 aromatic heterocycles. The lowest BCUT2D eigenvalue weighted by Crippen LogP contribution is -2.31. The van der Waals surface area contributed by atoms with Crippen molar-refractivity contribution < 1.29 is 0 Å². The van der Waals surface area contributed by atoms with Crippen molar-refractivity contribution in [2.75, 3.05) is 6.54 Å². The van der Waals surface area contributed by atoms with Gasteiger partial charge in [-0.2, -0.15) is 0 Å². The highest BCUT2D eigenvalue weighted by molar-refractivity contribution is 5.06. The quantitative estimate of drug-likeness (QED) is 0.796. The minimum absolute atomic E-state index is 0.601. The zero-order valence-electron chi connectivity index (χ0n) is 11.3. The minimum atomic E-state index is 0.601. The molecule has 1 aliphatic carbocycles. The Hall–Kier alpha value is -0.760. The molecule has 17 heavy (non-hydrogen) atoms. The van der Waals surface area contributed by atoms with Gasteiger partial charge in [0, 0.05) is 31.5 Å². The van der Waals surface area contributed by atoms with Crippen LogP contribution in [0.5, 0.6) is 0 Å². The maximum absolute atomic E-state index is 3.68. The molecule has 2 heteroatoms. The summed E-state index contributed by atoms with van der Waals surface area (Å²) < 4.78 is 2.32. The molecule has 0 radical (unpaired) electrons. The summed E-state index contributed by atoms with van der Waals surface area (Å²) in [7, 11) is 0. The van der Waals surface area contributed by atoms with Gasteiger partial charge < -0.3 is 9.88 Å². The van der Waals surface area contributed by atoms with Crippen molar-refractivity contribution in [2.45, 2.75) is 59.0 Å².